The number of aromatic nitrogens is 1. The lowest BCUT2D eigenvalue weighted by Crippen LogP contribution is -2.29. The van der Waals surface area contributed by atoms with Crippen molar-refractivity contribution in [2.24, 2.45) is 0 Å². The molecule has 2 N–H and O–H groups in total. The number of nitrogens with zero attached hydrogens (tertiary/aromatic N) is 1. The summed E-state index contributed by atoms with van der Waals surface area (Å²) in [6.45, 7) is 4.06. The predicted octanol–water partition coefficient (Wildman–Crippen LogP) is 4.03. The zero-order chi connectivity index (χ0) is 18.2. The molecule has 2 aliphatic heterocycles. The van der Waals surface area contributed by atoms with E-state index in [1.165, 1.54) is 49.0 Å². The highest BCUT2D eigenvalue weighted by atomic mass is 16.1. The molecule has 0 aliphatic carbocycles. The van der Waals surface area contributed by atoms with E-state index in [0.717, 1.165) is 23.0 Å². The van der Waals surface area contributed by atoms with E-state index >= 15 is 0 Å². The third-order valence-corrected chi connectivity index (χ3v) is 6.03. The maximum atomic E-state index is 12.6. The van der Waals surface area contributed by atoms with E-state index in [1.54, 1.807) is 0 Å². The molecular formula is C23H25N3O. The number of amides is 1. The van der Waals surface area contributed by atoms with Crippen LogP contribution < -0.4 is 5.32 Å². The van der Waals surface area contributed by atoms with Gasteiger partial charge in [0.2, 0.25) is 0 Å². The molecular weight excluding hydrogens is 334 g/mol. The molecule has 2 aromatic carbocycles. The van der Waals surface area contributed by atoms with Crippen molar-refractivity contribution in [3.05, 3.63) is 70.9 Å². The average molecular weight is 359 g/mol. The quantitative estimate of drug-likeness (QED) is 0.742. The van der Waals surface area contributed by atoms with E-state index in [1.807, 2.05) is 18.2 Å². The summed E-state index contributed by atoms with van der Waals surface area (Å²) in [5.41, 5.74) is 5.67. The lowest BCUT2D eigenvalue weighted by molar-refractivity contribution is 0.0956. The minimum atomic E-state index is 0.0217. The fraction of sp³-hybridized carbons (Fsp3) is 0.348. The zero-order valence-corrected chi connectivity index (χ0v) is 15.5. The van der Waals surface area contributed by atoms with Crippen LogP contribution in [0.15, 0.2) is 48.7 Å². The lowest BCUT2D eigenvalue weighted by Gasteiger charge is -2.27. The molecule has 0 saturated carbocycles. The Hall–Kier alpha value is -2.59. The van der Waals surface area contributed by atoms with Crippen LogP contribution >= 0.6 is 0 Å². The summed E-state index contributed by atoms with van der Waals surface area (Å²) in [5, 5.41) is 4.19. The van der Waals surface area contributed by atoms with Gasteiger partial charge in [0.25, 0.3) is 5.91 Å². The van der Waals surface area contributed by atoms with Gasteiger partial charge in [-0.3, -0.25) is 9.69 Å². The molecule has 5 rings (SSSR count). The van der Waals surface area contributed by atoms with Crippen molar-refractivity contribution in [3.63, 3.8) is 0 Å². The highest BCUT2D eigenvalue weighted by molar-refractivity contribution is 6.08. The molecule has 0 bridgehead atoms. The fourth-order valence-electron chi connectivity index (χ4n) is 4.66. The van der Waals surface area contributed by atoms with Gasteiger partial charge in [-0.15, -0.1) is 0 Å². The Labute approximate surface area is 159 Å². The molecule has 1 atom stereocenters. The van der Waals surface area contributed by atoms with Crippen molar-refractivity contribution >= 4 is 16.8 Å². The summed E-state index contributed by atoms with van der Waals surface area (Å²) in [7, 11) is 0. The molecule has 2 aliphatic rings. The summed E-state index contributed by atoms with van der Waals surface area (Å²) in [5.74, 6) is 0.195. The van der Waals surface area contributed by atoms with Gasteiger partial charge in [0.1, 0.15) is 0 Å². The molecule has 0 radical (unpaired) electrons. The lowest BCUT2D eigenvalue weighted by atomic mass is 9.89. The molecule has 1 fully saturated rings. The van der Waals surface area contributed by atoms with Gasteiger partial charge in [0.05, 0.1) is 0 Å². The van der Waals surface area contributed by atoms with Crippen LogP contribution in [0.2, 0.25) is 0 Å². The van der Waals surface area contributed by atoms with Crippen LogP contribution in [0.4, 0.5) is 0 Å². The number of aromatic amines is 1. The molecule has 1 amide bonds. The second kappa shape index (κ2) is 6.86. The number of likely N-dealkylation sites (tertiary alicyclic amines) is 1. The highest BCUT2D eigenvalue weighted by Gasteiger charge is 2.26. The summed E-state index contributed by atoms with van der Waals surface area (Å²) in [6, 6.07) is 14.8. The minimum Gasteiger partial charge on any atom is -0.361 e. The van der Waals surface area contributed by atoms with Gasteiger partial charge in [-0.2, -0.15) is 0 Å². The first-order chi connectivity index (χ1) is 13.3. The minimum absolute atomic E-state index is 0.0217. The van der Waals surface area contributed by atoms with Crippen LogP contribution in [-0.4, -0.2) is 35.4 Å². The Kier molecular flexibility index (Phi) is 4.21. The van der Waals surface area contributed by atoms with Crippen LogP contribution in [0.3, 0.4) is 0 Å². The first-order valence-corrected chi connectivity index (χ1v) is 9.99. The van der Waals surface area contributed by atoms with Crippen LogP contribution in [0.25, 0.3) is 10.9 Å². The Morgan fingerprint density at radius 1 is 1.04 bits per heavy atom. The number of rotatable bonds is 3. The standard InChI is InChI=1S/C23H25N3O/c27-23-18-8-5-9-21-22(18)20(14-24-21)19(13-25-23)17-7-4-6-16(12-17)15-26-10-2-1-3-11-26/h4-9,12,14,19,24H,1-3,10-11,13,15H2,(H,25,27). The molecule has 3 aromatic rings. The maximum Gasteiger partial charge on any atom is 0.252 e. The topological polar surface area (TPSA) is 48.1 Å². The normalized spacial score (nSPS) is 20.4. The van der Waals surface area contributed by atoms with E-state index in [4.69, 9.17) is 0 Å². The Morgan fingerprint density at radius 2 is 1.89 bits per heavy atom. The first kappa shape index (κ1) is 16.6. The van der Waals surface area contributed by atoms with Crippen LogP contribution in [0.1, 0.15) is 52.2 Å². The van der Waals surface area contributed by atoms with Gasteiger partial charge >= 0.3 is 0 Å². The number of nitrogens with one attached hydrogen (secondary N) is 2. The Balaban J connectivity index is 1.51. The van der Waals surface area contributed by atoms with Crippen molar-refractivity contribution in [2.75, 3.05) is 19.6 Å². The third-order valence-electron chi connectivity index (χ3n) is 6.03. The van der Waals surface area contributed by atoms with Gasteiger partial charge in [0.15, 0.2) is 0 Å². The molecule has 4 nitrogen and oxygen atoms in total. The Morgan fingerprint density at radius 3 is 2.78 bits per heavy atom. The van der Waals surface area contributed by atoms with E-state index in [-0.39, 0.29) is 11.8 Å². The van der Waals surface area contributed by atoms with E-state index in [0.29, 0.717) is 6.54 Å². The molecule has 3 heterocycles. The van der Waals surface area contributed by atoms with Crippen molar-refractivity contribution in [1.82, 2.24) is 15.2 Å². The van der Waals surface area contributed by atoms with Crippen molar-refractivity contribution in [2.45, 2.75) is 31.7 Å². The average Bonchev–Trinajstić information content (AvgIpc) is 3.07. The number of piperidine rings is 1. The first-order valence-electron chi connectivity index (χ1n) is 9.99. The summed E-state index contributed by atoms with van der Waals surface area (Å²) >= 11 is 0. The largest absolute Gasteiger partial charge is 0.361 e. The second-order valence-electron chi connectivity index (χ2n) is 7.82. The SMILES string of the molecule is O=C1NCC(c2cccc(CN3CCCCC3)c2)c2c[nH]c3cccc1c23. The molecule has 1 saturated heterocycles. The van der Waals surface area contributed by atoms with Crippen LogP contribution in [0, 0.1) is 0 Å². The van der Waals surface area contributed by atoms with Gasteiger partial charge < -0.3 is 10.3 Å². The Bertz CT molecular complexity index is 984. The number of hydrogen-bond donors (Lipinski definition) is 2. The summed E-state index contributed by atoms with van der Waals surface area (Å²) in [6.07, 6.45) is 6.07. The summed E-state index contributed by atoms with van der Waals surface area (Å²) in [4.78, 5) is 18.5. The molecule has 27 heavy (non-hydrogen) atoms. The van der Waals surface area contributed by atoms with Gasteiger partial charge in [-0.05, 0) is 54.8 Å². The fourth-order valence-corrected chi connectivity index (χ4v) is 4.66. The van der Waals surface area contributed by atoms with Gasteiger partial charge in [0, 0.05) is 41.7 Å². The molecule has 0 spiro atoms. The van der Waals surface area contributed by atoms with Crippen molar-refractivity contribution < 1.29 is 4.79 Å². The molecule has 1 unspecified atom stereocenters. The second-order valence-corrected chi connectivity index (χ2v) is 7.82. The molecule has 138 valence electrons. The smallest absolute Gasteiger partial charge is 0.252 e. The van der Waals surface area contributed by atoms with E-state index in [9.17, 15) is 4.79 Å². The van der Waals surface area contributed by atoms with Gasteiger partial charge in [-0.1, -0.05) is 36.8 Å². The maximum absolute atomic E-state index is 12.6. The van der Waals surface area contributed by atoms with E-state index in [2.05, 4.69) is 45.7 Å². The highest BCUT2D eigenvalue weighted by Crippen LogP contribution is 2.35. The molecule has 1 aromatic heterocycles. The zero-order valence-electron chi connectivity index (χ0n) is 15.5. The van der Waals surface area contributed by atoms with Crippen LogP contribution in [-0.2, 0) is 6.54 Å². The summed E-state index contributed by atoms with van der Waals surface area (Å²) < 4.78 is 0. The monoisotopic (exact) mass is 359 g/mol. The van der Waals surface area contributed by atoms with Crippen molar-refractivity contribution in [1.29, 1.82) is 0 Å². The number of carbonyl (C=O) groups excluding carboxylic acids is 1. The van der Waals surface area contributed by atoms with Crippen LogP contribution in [0.5, 0.6) is 0 Å². The number of H-pyrrole nitrogens is 1. The van der Waals surface area contributed by atoms with E-state index < -0.39 is 0 Å². The third kappa shape index (κ3) is 3.04. The number of carbonyl (C=O) groups is 1. The van der Waals surface area contributed by atoms with Gasteiger partial charge in [-0.25, -0.2) is 0 Å². The van der Waals surface area contributed by atoms with Crippen molar-refractivity contribution in [3.8, 4) is 0 Å². The predicted molar refractivity (Wildman–Crippen MR) is 108 cm³/mol. The number of hydrogen-bond acceptors (Lipinski definition) is 2. The number of benzene rings is 2. The molecule has 4 heteroatoms.